The first kappa shape index (κ1) is 17.7. The van der Waals surface area contributed by atoms with Crippen molar-refractivity contribution in [3.05, 3.63) is 66.1 Å². The van der Waals surface area contributed by atoms with Crippen molar-refractivity contribution in [2.24, 2.45) is 0 Å². The average molecular weight is 352 g/mol. The molecule has 2 aromatic carbocycles. The number of aromatic amines is 1. The molecule has 0 atom stereocenters. The molecule has 0 aliphatic carbocycles. The van der Waals surface area contributed by atoms with Gasteiger partial charge in [-0.15, -0.1) is 0 Å². The van der Waals surface area contributed by atoms with Gasteiger partial charge in [-0.25, -0.2) is 4.39 Å². The summed E-state index contributed by atoms with van der Waals surface area (Å²) in [6.45, 7) is 3.97. The van der Waals surface area contributed by atoms with E-state index in [1.807, 2.05) is 56.1 Å². The van der Waals surface area contributed by atoms with Gasteiger partial charge in [0, 0.05) is 24.3 Å². The fraction of sp³-hybridized carbons (Fsp3) is 0.200. The van der Waals surface area contributed by atoms with Crippen LogP contribution in [0.3, 0.4) is 0 Å². The van der Waals surface area contributed by atoms with Crippen molar-refractivity contribution in [3.63, 3.8) is 0 Å². The van der Waals surface area contributed by atoms with E-state index in [-0.39, 0.29) is 17.8 Å². The number of amides is 1. The number of nitrogens with zero attached hydrogens (tertiary/aromatic N) is 2. The van der Waals surface area contributed by atoms with Crippen molar-refractivity contribution in [1.29, 1.82) is 0 Å². The van der Waals surface area contributed by atoms with Gasteiger partial charge >= 0.3 is 0 Å². The van der Waals surface area contributed by atoms with Crippen molar-refractivity contribution in [2.75, 3.05) is 17.3 Å². The van der Waals surface area contributed by atoms with Gasteiger partial charge in [0.05, 0.1) is 23.1 Å². The summed E-state index contributed by atoms with van der Waals surface area (Å²) in [4.78, 5) is 14.4. The molecule has 0 saturated carbocycles. The number of anilines is 2. The summed E-state index contributed by atoms with van der Waals surface area (Å²) in [6.07, 6.45) is 1.47. The van der Waals surface area contributed by atoms with E-state index in [0.29, 0.717) is 22.6 Å². The van der Waals surface area contributed by atoms with Gasteiger partial charge in [0.25, 0.3) is 5.91 Å². The summed E-state index contributed by atoms with van der Waals surface area (Å²) < 4.78 is 14.4. The number of aromatic nitrogens is 2. The highest BCUT2D eigenvalue weighted by molar-refractivity contribution is 6.08. The summed E-state index contributed by atoms with van der Waals surface area (Å²) >= 11 is 0. The van der Waals surface area contributed by atoms with E-state index in [0.717, 1.165) is 5.56 Å². The van der Waals surface area contributed by atoms with Crippen LogP contribution in [-0.4, -0.2) is 29.2 Å². The molecule has 0 bridgehead atoms. The molecule has 0 unspecified atom stereocenters. The molecule has 3 rings (SSSR count). The van der Waals surface area contributed by atoms with Gasteiger partial charge < -0.3 is 10.2 Å². The fourth-order valence-corrected chi connectivity index (χ4v) is 2.63. The SMILES string of the molecule is CC(C)N(C)c1ccc(NC(=O)c2cn[nH]c2-c2ccccc2)cc1F. The highest BCUT2D eigenvalue weighted by Gasteiger charge is 2.17. The highest BCUT2D eigenvalue weighted by atomic mass is 19.1. The summed E-state index contributed by atoms with van der Waals surface area (Å²) in [5, 5.41) is 9.55. The molecule has 0 saturated heterocycles. The Hall–Kier alpha value is -3.15. The zero-order chi connectivity index (χ0) is 18.7. The Morgan fingerprint density at radius 2 is 1.92 bits per heavy atom. The van der Waals surface area contributed by atoms with Crippen molar-refractivity contribution in [1.82, 2.24) is 10.2 Å². The number of hydrogen-bond donors (Lipinski definition) is 2. The van der Waals surface area contributed by atoms with Gasteiger partial charge in [-0.1, -0.05) is 30.3 Å². The summed E-state index contributed by atoms with van der Waals surface area (Å²) in [5.41, 5.74) is 2.77. The minimum absolute atomic E-state index is 0.171. The third kappa shape index (κ3) is 3.59. The second-order valence-corrected chi connectivity index (χ2v) is 6.35. The van der Waals surface area contributed by atoms with Gasteiger partial charge in [0.15, 0.2) is 0 Å². The molecule has 0 spiro atoms. The van der Waals surface area contributed by atoms with Crippen LogP contribution in [0.5, 0.6) is 0 Å². The lowest BCUT2D eigenvalue weighted by atomic mass is 10.1. The first-order valence-corrected chi connectivity index (χ1v) is 8.40. The Bertz CT molecular complexity index is 905. The van der Waals surface area contributed by atoms with Crippen LogP contribution in [0.1, 0.15) is 24.2 Å². The third-order valence-corrected chi connectivity index (χ3v) is 4.31. The molecule has 26 heavy (non-hydrogen) atoms. The number of rotatable bonds is 5. The molecule has 3 aromatic rings. The van der Waals surface area contributed by atoms with E-state index in [9.17, 15) is 9.18 Å². The number of nitrogens with one attached hydrogen (secondary N) is 2. The zero-order valence-electron chi connectivity index (χ0n) is 15.0. The lowest BCUT2D eigenvalue weighted by Gasteiger charge is -2.24. The molecule has 0 aliphatic heterocycles. The van der Waals surface area contributed by atoms with Crippen LogP contribution in [0.2, 0.25) is 0 Å². The van der Waals surface area contributed by atoms with Gasteiger partial charge in [-0.3, -0.25) is 9.89 Å². The third-order valence-electron chi connectivity index (χ3n) is 4.31. The molecule has 0 radical (unpaired) electrons. The quantitative estimate of drug-likeness (QED) is 0.719. The molecular formula is C20H21FN4O. The molecule has 5 nitrogen and oxygen atoms in total. The van der Waals surface area contributed by atoms with Crippen LogP contribution in [0, 0.1) is 5.82 Å². The molecule has 0 aliphatic rings. The minimum Gasteiger partial charge on any atom is -0.370 e. The molecule has 6 heteroatoms. The van der Waals surface area contributed by atoms with E-state index in [2.05, 4.69) is 15.5 Å². The Morgan fingerprint density at radius 1 is 1.19 bits per heavy atom. The fourth-order valence-electron chi connectivity index (χ4n) is 2.63. The van der Waals surface area contributed by atoms with Crippen LogP contribution in [0.4, 0.5) is 15.8 Å². The predicted molar refractivity (Wildman–Crippen MR) is 102 cm³/mol. The summed E-state index contributed by atoms with van der Waals surface area (Å²) in [5.74, 6) is -0.726. The number of carbonyl (C=O) groups excluding carboxylic acids is 1. The number of halogens is 1. The Morgan fingerprint density at radius 3 is 2.58 bits per heavy atom. The van der Waals surface area contributed by atoms with Crippen LogP contribution in [0.25, 0.3) is 11.3 Å². The van der Waals surface area contributed by atoms with Crippen molar-refractivity contribution >= 4 is 17.3 Å². The Labute approximate surface area is 151 Å². The van der Waals surface area contributed by atoms with E-state index in [1.165, 1.54) is 12.3 Å². The first-order valence-electron chi connectivity index (χ1n) is 8.40. The van der Waals surface area contributed by atoms with Crippen LogP contribution < -0.4 is 10.2 Å². The Balaban J connectivity index is 1.82. The Kier molecular flexibility index (Phi) is 5.02. The highest BCUT2D eigenvalue weighted by Crippen LogP contribution is 2.25. The molecule has 0 fully saturated rings. The normalized spacial score (nSPS) is 10.8. The first-order chi connectivity index (χ1) is 12.5. The van der Waals surface area contributed by atoms with Gasteiger partial charge in [0.1, 0.15) is 5.82 Å². The molecule has 2 N–H and O–H groups in total. The summed E-state index contributed by atoms with van der Waals surface area (Å²) in [6, 6.07) is 14.3. The molecular weight excluding hydrogens is 331 g/mol. The predicted octanol–water partition coefficient (Wildman–Crippen LogP) is 4.31. The number of benzene rings is 2. The largest absolute Gasteiger partial charge is 0.370 e. The second kappa shape index (κ2) is 7.39. The number of hydrogen-bond acceptors (Lipinski definition) is 3. The zero-order valence-corrected chi connectivity index (χ0v) is 15.0. The maximum absolute atomic E-state index is 14.4. The maximum Gasteiger partial charge on any atom is 0.259 e. The molecule has 1 amide bonds. The lowest BCUT2D eigenvalue weighted by Crippen LogP contribution is -2.26. The number of carbonyl (C=O) groups is 1. The van der Waals surface area contributed by atoms with Crippen molar-refractivity contribution < 1.29 is 9.18 Å². The molecule has 1 heterocycles. The monoisotopic (exact) mass is 352 g/mol. The minimum atomic E-state index is -0.380. The molecule has 1 aromatic heterocycles. The van der Waals surface area contributed by atoms with E-state index in [1.54, 1.807) is 12.1 Å². The van der Waals surface area contributed by atoms with Crippen LogP contribution in [0.15, 0.2) is 54.7 Å². The van der Waals surface area contributed by atoms with Crippen molar-refractivity contribution in [3.8, 4) is 11.3 Å². The lowest BCUT2D eigenvalue weighted by molar-refractivity contribution is 0.102. The van der Waals surface area contributed by atoms with E-state index in [4.69, 9.17) is 0 Å². The smallest absolute Gasteiger partial charge is 0.259 e. The van der Waals surface area contributed by atoms with Gasteiger partial charge in [-0.05, 0) is 32.0 Å². The number of H-pyrrole nitrogens is 1. The van der Waals surface area contributed by atoms with Gasteiger partial charge in [0.2, 0.25) is 0 Å². The van der Waals surface area contributed by atoms with E-state index >= 15 is 0 Å². The topological polar surface area (TPSA) is 61.0 Å². The van der Waals surface area contributed by atoms with Gasteiger partial charge in [-0.2, -0.15) is 5.10 Å². The van der Waals surface area contributed by atoms with E-state index < -0.39 is 0 Å². The second-order valence-electron chi connectivity index (χ2n) is 6.35. The standard InChI is InChI=1S/C20H21FN4O/c1-13(2)25(3)18-10-9-15(11-17(18)21)23-20(26)16-12-22-24-19(16)14-7-5-4-6-8-14/h4-13H,1-3H3,(H,22,24)(H,23,26). The van der Waals surface area contributed by atoms with Crippen LogP contribution >= 0.6 is 0 Å². The molecule has 134 valence electrons. The summed E-state index contributed by atoms with van der Waals surface area (Å²) in [7, 11) is 1.83. The average Bonchev–Trinajstić information content (AvgIpc) is 3.12. The maximum atomic E-state index is 14.4. The van der Waals surface area contributed by atoms with Crippen molar-refractivity contribution in [2.45, 2.75) is 19.9 Å². The van der Waals surface area contributed by atoms with Crippen LogP contribution in [-0.2, 0) is 0 Å².